The summed E-state index contributed by atoms with van der Waals surface area (Å²) in [5.74, 6) is 2.73. The van der Waals surface area contributed by atoms with E-state index in [-0.39, 0.29) is 16.9 Å². The summed E-state index contributed by atoms with van der Waals surface area (Å²) in [7, 11) is 1.45. The second kappa shape index (κ2) is 10.1. The molecule has 0 amide bonds. The molecule has 6 rings (SSSR count). The third kappa shape index (κ3) is 4.11. The van der Waals surface area contributed by atoms with Gasteiger partial charge in [0.05, 0.1) is 12.7 Å². The molecule has 8 atom stereocenters. The lowest BCUT2D eigenvalue weighted by Gasteiger charge is -2.72. The number of nitrogens with two attached hydrogens (primary N) is 1. The Balaban J connectivity index is 0.00000103. The molecule has 0 radical (unpaired) electrons. The second-order valence-corrected chi connectivity index (χ2v) is 15.4. The minimum atomic E-state index is -0.265. The Kier molecular flexibility index (Phi) is 7.51. The molecule has 1 aromatic carbocycles. The van der Waals surface area contributed by atoms with Crippen molar-refractivity contribution in [1.82, 2.24) is 0 Å². The molecule has 0 heterocycles. The van der Waals surface area contributed by atoms with Crippen molar-refractivity contribution in [3.05, 3.63) is 54.1 Å². The van der Waals surface area contributed by atoms with Gasteiger partial charge in [-0.05, 0) is 133 Å². The summed E-state index contributed by atoms with van der Waals surface area (Å²) >= 11 is 0. The molecule has 3 heteroatoms. The lowest BCUT2D eigenvalue weighted by molar-refractivity contribution is -0.215. The van der Waals surface area contributed by atoms with Gasteiger partial charge in [-0.25, -0.2) is 4.79 Å². The minimum Gasteiger partial charge on any atom is -0.465 e. The Morgan fingerprint density at radius 3 is 2.23 bits per heavy atom. The van der Waals surface area contributed by atoms with Crippen LogP contribution >= 0.6 is 0 Å². The van der Waals surface area contributed by atoms with E-state index in [4.69, 9.17) is 10.5 Å². The first-order valence-electron chi connectivity index (χ1n) is 16.1. The van der Waals surface area contributed by atoms with Crippen LogP contribution in [-0.4, -0.2) is 18.6 Å². The van der Waals surface area contributed by atoms with Crippen LogP contribution in [-0.2, 0) is 4.74 Å². The number of allylic oxidation sites excluding steroid dienone is 3. The van der Waals surface area contributed by atoms with Gasteiger partial charge in [0.1, 0.15) is 0 Å². The van der Waals surface area contributed by atoms with E-state index in [2.05, 4.69) is 59.4 Å². The Bertz CT molecular complexity index is 1170. The van der Waals surface area contributed by atoms with E-state index < -0.39 is 0 Å². The quantitative estimate of drug-likeness (QED) is 0.298. The fourth-order valence-electron chi connectivity index (χ4n) is 11.6. The second-order valence-electron chi connectivity index (χ2n) is 15.4. The fourth-order valence-corrected chi connectivity index (χ4v) is 11.6. The smallest absolute Gasteiger partial charge is 0.337 e. The third-order valence-electron chi connectivity index (χ3n) is 13.6. The first-order valence-corrected chi connectivity index (χ1v) is 16.1. The van der Waals surface area contributed by atoms with Gasteiger partial charge in [-0.2, -0.15) is 0 Å². The normalized spacial score (nSPS) is 43.0. The van der Waals surface area contributed by atoms with Gasteiger partial charge in [0, 0.05) is 5.54 Å². The number of ether oxygens (including phenoxy) is 1. The van der Waals surface area contributed by atoms with Gasteiger partial charge in [-0.15, -0.1) is 6.58 Å². The van der Waals surface area contributed by atoms with Crippen molar-refractivity contribution in [2.75, 3.05) is 7.11 Å². The molecule has 1 aromatic rings. The lowest BCUT2D eigenvalue weighted by atomic mass is 9.33. The van der Waals surface area contributed by atoms with Gasteiger partial charge in [-0.1, -0.05) is 65.3 Å². The maximum Gasteiger partial charge on any atom is 0.337 e. The summed E-state index contributed by atoms with van der Waals surface area (Å²) < 4.78 is 4.92. The molecule has 5 aliphatic rings. The lowest BCUT2D eigenvalue weighted by Crippen LogP contribution is -2.66. The van der Waals surface area contributed by atoms with E-state index in [9.17, 15) is 4.79 Å². The highest BCUT2D eigenvalue weighted by molar-refractivity contribution is 5.89. The summed E-state index contributed by atoms with van der Waals surface area (Å²) in [5, 5.41) is 0. The summed E-state index contributed by atoms with van der Waals surface area (Å²) in [4.78, 5) is 12.0. The van der Waals surface area contributed by atoms with Crippen LogP contribution in [0.15, 0.2) is 43.0 Å². The van der Waals surface area contributed by atoms with Crippen molar-refractivity contribution in [3.8, 4) is 0 Å². The Morgan fingerprint density at radius 2 is 1.57 bits per heavy atom. The first-order chi connectivity index (χ1) is 18.8. The molecule has 0 aromatic heterocycles. The van der Waals surface area contributed by atoms with Gasteiger partial charge in [0.2, 0.25) is 0 Å². The highest BCUT2D eigenvalue weighted by Gasteiger charge is 2.69. The van der Waals surface area contributed by atoms with Gasteiger partial charge >= 0.3 is 5.97 Å². The topological polar surface area (TPSA) is 52.3 Å². The van der Waals surface area contributed by atoms with Crippen LogP contribution in [0.3, 0.4) is 0 Å². The van der Waals surface area contributed by atoms with E-state index in [1.165, 1.54) is 82.5 Å². The zero-order valence-electron chi connectivity index (χ0n) is 26.4. The number of esters is 1. The van der Waals surface area contributed by atoms with Crippen molar-refractivity contribution in [2.45, 2.75) is 111 Å². The Labute approximate surface area is 244 Å². The van der Waals surface area contributed by atoms with Crippen LogP contribution in [0.25, 0.3) is 5.57 Å². The summed E-state index contributed by atoms with van der Waals surface area (Å²) in [5.41, 5.74) is 11.8. The first kappa shape index (κ1) is 29.6. The average molecular weight is 546 g/mol. The van der Waals surface area contributed by atoms with Gasteiger partial charge in [0.25, 0.3) is 0 Å². The molecule has 3 nitrogen and oxygen atoms in total. The van der Waals surface area contributed by atoms with Gasteiger partial charge in [0.15, 0.2) is 0 Å². The summed E-state index contributed by atoms with van der Waals surface area (Å²) in [6, 6.07) is 8.11. The van der Waals surface area contributed by atoms with Crippen LogP contribution in [0.5, 0.6) is 0 Å². The number of methoxy groups -OCH3 is 1. The number of hydrogen-bond acceptors (Lipinski definition) is 3. The molecule has 220 valence electrons. The van der Waals surface area contributed by atoms with Crippen molar-refractivity contribution >= 4 is 11.5 Å². The monoisotopic (exact) mass is 545 g/mol. The van der Waals surface area contributed by atoms with Crippen LogP contribution in [0.1, 0.15) is 122 Å². The van der Waals surface area contributed by atoms with Crippen molar-refractivity contribution in [3.63, 3.8) is 0 Å². The molecule has 2 N–H and O–H groups in total. The predicted molar refractivity (Wildman–Crippen MR) is 167 cm³/mol. The van der Waals surface area contributed by atoms with Crippen LogP contribution in [0.4, 0.5) is 0 Å². The van der Waals surface area contributed by atoms with Gasteiger partial charge < -0.3 is 10.5 Å². The van der Waals surface area contributed by atoms with E-state index in [1.807, 2.05) is 19.1 Å². The molecule has 4 fully saturated rings. The molecule has 4 saturated carbocycles. The van der Waals surface area contributed by atoms with Crippen molar-refractivity contribution in [1.29, 1.82) is 0 Å². The fraction of sp³-hybridized carbons (Fsp3) is 0.703. The maximum atomic E-state index is 12.0. The van der Waals surface area contributed by atoms with Crippen molar-refractivity contribution < 1.29 is 9.53 Å². The molecule has 5 aliphatic carbocycles. The van der Waals surface area contributed by atoms with E-state index in [1.54, 1.807) is 6.08 Å². The number of carbonyl (C=O) groups is 1. The van der Waals surface area contributed by atoms with Crippen molar-refractivity contribution in [2.24, 2.45) is 51.1 Å². The van der Waals surface area contributed by atoms with E-state index >= 15 is 0 Å². The Hall–Kier alpha value is -1.87. The number of fused-ring (bicyclic) bond motifs is 7. The standard InChI is InChI=1S/C34H49NO2.C3H6/c1-30(2)24(22-9-11-23(12-10-22)29(36)37-6)15-18-31(3)27(30)16-19-33(5)28(31)14-13-25-26-8-7-17-34(26,35)21-20-32(25,33)4;1-3-2/h9-12,15,25-28H,7-8,13-14,16-21,35H2,1-6H3;3H,1H2,2H3/t25?,26?,27?,28?,31?,32-,33?,34?;/m1./s1. The number of hydrogen-bond donors (Lipinski definition) is 1. The molecular formula is C37H55NO2. The molecule has 0 saturated heterocycles. The number of rotatable bonds is 2. The SMILES string of the molecule is C=CC.COC(=O)c1ccc(C2=CCC3(C)C(CCC4(C)C3CCC3C5CCCC5(N)CC[C@]34C)C2(C)C)cc1. The molecule has 0 bridgehead atoms. The van der Waals surface area contributed by atoms with Crippen LogP contribution < -0.4 is 5.73 Å². The maximum absolute atomic E-state index is 12.0. The molecular weight excluding hydrogens is 490 g/mol. The summed E-state index contributed by atoms with van der Waals surface area (Å²) in [6.07, 6.45) is 17.5. The predicted octanol–water partition coefficient (Wildman–Crippen LogP) is 9.23. The highest BCUT2D eigenvalue weighted by Crippen LogP contribution is 2.75. The third-order valence-corrected chi connectivity index (χ3v) is 13.6. The largest absolute Gasteiger partial charge is 0.465 e. The minimum absolute atomic E-state index is 0.100. The van der Waals surface area contributed by atoms with Gasteiger partial charge in [-0.3, -0.25) is 0 Å². The average Bonchev–Trinajstić information content (AvgIpc) is 3.31. The Morgan fingerprint density at radius 1 is 0.900 bits per heavy atom. The highest BCUT2D eigenvalue weighted by atomic mass is 16.5. The number of benzene rings is 1. The zero-order valence-corrected chi connectivity index (χ0v) is 26.4. The molecule has 0 aliphatic heterocycles. The molecule has 0 spiro atoms. The summed E-state index contributed by atoms with van der Waals surface area (Å²) in [6.45, 7) is 18.3. The molecule has 7 unspecified atom stereocenters. The van der Waals surface area contributed by atoms with E-state index in [0.717, 1.165) is 17.8 Å². The molecule has 40 heavy (non-hydrogen) atoms. The number of carbonyl (C=O) groups excluding carboxylic acids is 1. The zero-order chi connectivity index (χ0) is 29.1. The van der Waals surface area contributed by atoms with Crippen LogP contribution in [0, 0.1) is 45.3 Å². The van der Waals surface area contributed by atoms with E-state index in [0.29, 0.717) is 27.7 Å². The van der Waals surface area contributed by atoms with Crippen LogP contribution in [0.2, 0.25) is 0 Å².